The lowest BCUT2D eigenvalue weighted by atomic mass is 9.85. The summed E-state index contributed by atoms with van der Waals surface area (Å²) in [4.78, 5) is 58.7. The van der Waals surface area contributed by atoms with Crippen LogP contribution in [0.5, 0.6) is 0 Å². The smallest absolute Gasteiger partial charge is 0.410 e. The average Bonchev–Trinajstić information content (AvgIpc) is 3.78. The molecule has 4 atom stereocenters. The lowest BCUT2D eigenvalue weighted by molar-refractivity contribution is -0.163. The quantitative estimate of drug-likeness (QED) is 0.109. The first-order valence-corrected chi connectivity index (χ1v) is 21.4. The molecule has 2 aliphatic rings. The van der Waals surface area contributed by atoms with E-state index in [9.17, 15) is 24.4 Å². The van der Waals surface area contributed by atoms with Crippen molar-refractivity contribution in [1.29, 1.82) is 5.26 Å². The Morgan fingerprint density at radius 3 is 1.30 bits per heavy atom. The summed E-state index contributed by atoms with van der Waals surface area (Å²) in [6, 6.07) is 18.5. The number of hydrogen-bond acceptors (Lipinski definition) is 10. The monoisotopic (exact) mass is 831 g/mol. The molecule has 2 fully saturated rings. The largest absolute Gasteiger partial charge is 0.460 e. The minimum absolute atomic E-state index is 0.0918. The summed E-state index contributed by atoms with van der Waals surface area (Å²) in [5.41, 5.74) is 1.41. The Morgan fingerprint density at radius 2 is 0.967 bits per heavy atom. The summed E-state index contributed by atoms with van der Waals surface area (Å²) in [6.45, 7) is 25.3. The van der Waals surface area contributed by atoms with Gasteiger partial charge in [-0.15, -0.1) is 0 Å². The van der Waals surface area contributed by atoms with Crippen molar-refractivity contribution in [3.63, 3.8) is 0 Å². The lowest BCUT2D eigenvalue weighted by Gasteiger charge is -2.28. The molecule has 12 nitrogen and oxygen atoms in total. The van der Waals surface area contributed by atoms with Crippen LogP contribution < -0.4 is 0 Å². The van der Waals surface area contributed by atoms with Gasteiger partial charge in [0.15, 0.2) is 0 Å². The third kappa shape index (κ3) is 15.8. The van der Waals surface area contributed by atoms with Gasteiger partial charge in [-0.05, 0) is 143 Å². The fraction of sp³-hybridized carbons (Fsp3) is 0.646. The second-order valence-corrected chi connectivity index (χ2v) is 20.6. The summed E-state index contributed by atoms with van der Waals surface area (Å²) in [6.07, 6.45) is 1.49. The predicted molar refractivity (Wildman–Crippen MR) is 231 cm³/mol. The third-order valence-electron chi connectivity index (χ3n) is 10.3. The van der Waals surface area contributed by atoms with Crippen molar-refractivity contribution in [2.75, 3.05) is 32.7 Å². The fourth-order valence-corrected chi connectivity index (χ4v) is 7.86. The molecular weight excluding hydrogens is 761 g/mol. The van der Waals surface area contributed by atoms with Crippen molar-refractivity contribution >= 4 is 24.1 Å². The molecule has 330 valence electrons. The Kier molecular flexibility index (Phi) is 15.9. The molecule has 2 saturated heterocycles. The molecular formula is C48H70N4O8. The van der Waals surface area contributed by atoms with Gasteiger partial charge in [-0.3, -0.25) is 14.5 Å². The summed E-state index contributed by atoms with van der Waals surface area (Å²) in [5, 5.41) is 9.87. The second kappa shape index (κ2) is 19.8. The van der Waals surface area contributed by atoms with Gasteiger partial charge in [-0.2, -0.15) is 5.26 Å². The highest BCUT2D eigenvalue weighted by Crippen LogP contribution is 2.33. The van der Waals surface area contributed by atoms with Gasteiger partial charge in [0.25, 0.3) is 0 Å². The first-order valence-electron chi connectivity index (χ1n) is 21.4. The third-order valence-corrected chi connectivity index (χ3v) is 10.3. The van der Waals surface area contributed by atoms with Crippen LogP contribution in [0.4, 0.5) is 9.59 Å². The van der Waals surface area contributed by atoms with E-state index in [1.165, 1.54) is 0 Å². The minimum atomic E-state index is -0.661. The topological polar surface area (TPSA) is 139 Å². The van der Waals surface area contributed by atoms with Crippen LogP contribution >= 0.6 is 0 Å². The van der Waals surface area contributed by atoms with Gasteiger partial charge in [0.2, 0.25) is 0 Å². The number of rotatable bonds is 13. The molecule has 0 radical (unpaired) electrons. The van der Waals surface area contributed by atoms with Gasteiger partial charge in [0, 0.05) is 39.3 Å². The van der Waals surface area contributed by atoms with Gasteiger partial charge in [0.1, 0.15) is 22.4 Å². The summed E-state index contributed by atoms with van der Waals surface area (Å²) in [5.74, 6) is -1.66. The highest BCUT2D eigenvalue weighted by Gasteiger charge is 2.41. The van der Waals surface area contributed by atoms with Gasteiger partial charge in [-0.1, -0.05) is 48.5 Å². The molecule has 0 aromatic heterocycles. The zero-order valence-corrected chi connectivity index (χ0v) is 38.3. The molecule has 2 aromatic carbocycles. The van der Waals surface area contributed by atoms with E-state index >= 15 is 0 Å². The number of carbonyl (C=O) groups excluding carboxylic acids is 4. The molecule has 0 bridgehead atoms. The average molecular weight is 831 g/mol. The highest BCUT2D eigenvalue weighted by molar-refractivity contribution is 5.75. The maximum Gasteiger partial charge on any atom is 0.410 e. The van der Waals surface area contributed by atoms with Gasteiger partial charge in [-0.25, -0.2) is 9.59 Å². The molecule has 2 aliphatic heterocycles. The lowest BCUT2D eigenvalue weighted by Crippen LogP contribution is -2.38. The van der Waals surface area contributed by atoms with E-state index in [0.717, 1.165) is 22.3 Å². The number of benzene rings is 2. The Hall–Kier alpha value is -4.63. The van der Waals surface area contributed by atoms with Crippen molar-refractivity contribution in [3.8, 4) is 6.07 Å². The molecule has 2 heterocycles. The van der Waals surface area contributed by atoms with Crippen LogP contribution in [0.2, 0.25) is 0 Å². The Balaban J connectivity index is 1.49. The molecule has 0 N–H and O–H groups in total. The zero-order valence-electron chi connectivity index (χ0n) is 38.3. The first kappa shape index (κ1) is 48.0. The minimum Gasteiger partial charge on any atom is -0.460 e. The van der Waals surface area contributed by atoms with Crippen molar-refractivity contribution in [1.82, 2.24) is 14.7 Å². The van der Waals surface area contributed by atoms with E-state index in [1.807, 2.05) is 119 Å². The number of ether oxygens (including phenoxy) is 4. The molecule has 0 spiro atoms. The summed E-state index contributed by atoms with van der Waals surface area (Å²) >= 11 is 0. The van der Waals surface area contributed by atoms with Crippen molar-refractivity contribution in [2.45, 2.75) is 144 Å². The van der Waals surface area contributed by atoms with Crippen molar-refractivity contribution in [3.05, 3.63) is 70.8 Å². The number of nitrogens with zero attached hydrogens (tertiary/aromatic N) is 4. The van der Waals surface area contributed by atoms with E-state index in [-0.39, 0.29) is 42.5 Å². The van der Waals surface area contributed by atoms with Crippen LogP contribution in [0, 0.1) is 35.0 Å². The number of hydrogen-bond donors (Lipinski definition) is 0. The van der Waals surface area contributed by atoms with E-state index in [2.05, 4.69) is 23.1 Å². The maximum atomic E-state index is 13.7. The SMILES string of the molecule is CC(C)(C)OC(=O)[C@@H](Cc1cccc(CN(CC#N)Cc2cccc(C[C@H](C(=O)OC(C)(C)C)[C@H]3CCN(C(=O)OC(C)(C)C)C3)c2)c1)[C@H]1CCN(C(=O)OC(C)(C)C)C1. The second-order valence-electron chi connectivity index (χ2n) is 20.6. The van der Waals surface area contributed by atoms with E-state index in [0.29, 0.717) is 65.0 Å². The standard InChI is InChI=1S/C48H70N4O8/c1-45(2,3)57-41(53)39(37-19-22-51(31-37)43(55)59-47(7,8)9)27-33-15-13-17-35(25-33)29-50(24-21-49)30-36-18-14-16-34(26-36)28-40(42(54)58-46(4,5)6)38-20-23-52(32-38)44(56)60-48(10,11)12/h13-18,25-26,37-40H,19-20,22-24,27-32H2,1-12H3/t37-,38-,39-,40-/m0/s1. The zero-order chi connectivity index (χ0) is 44.6. The van der Waals surface area contributed by atoms with E-state index < -0.39 is 34.2 Å². The number of likely N-dealkylation sites (tertiary alicyclic amines) is 2. The number of esters is 2. The first-order chi connectivity index (χ1) is 27.8. The number of carbonyl (C=O) groups is 4. The molecule has 4 rings (SSSR count). The Morgan fingerprint density at radius 1 is 0.617 bits per heavy atom. The molecule has 0 aliphatic carbocycles. The van der Waals surface area contributed by atoms with Crippen LogP contribution in [-0.4, -0.2) is 94.0 Å². The molecule has 0 unspecified atom stereocenters. The number of nitriles is 1. The molecule has 0 saturated carbocycles. The van der Waals surface area contributed by atoms with Crippen molar-refractivity contribution < 1.29 is 38.1 Å². The van der Waals surface area contributed by atoms with Crippen LogP contribution in [0.15, 0.2) is 48.5 Å². The molecule has 2 aromatic rings. The van der Waals surface area contributed by atoms with Crippen LogP contribution in [0.1, 0.15) is 118 Å². The van der Waals surface area contributed by atoms with Crippen LogP contribution in [0.25, 0.3) is 0 Å². The van der Waals surface area contributed by atoms with Gasteiger partial charge < -0.3 is 28.7 Å². The molecule has 12 heteroatoms. The van der Waals surface area contributed by atoms with Gasteiger partial charge >= 0.3 is 24.1 Å². The van der Waals surface area contributed by atoms with Gasteiger partial charge in [0.05, 0.1) is 24.4 Å². The number of amides is 2. The molecule has 60 heavy (non-hydrogen) atoms. The van der Waals surface area contributed by atoms with E-state index in [1.54, 1.807) is 9.80 Å². The predicted octanol–water partition coefficient (Wildman–Crippen LogP) is 8.73. The summed E-state index contributed by atoms with van der Waals surface area (Å²) in [7, 11) is 0. The maximum absolute atomic E-state index is 13.7. The Bertz CT molecular complexity index is 1720. The van der Waals surface area contributed by atoms with Crippen LogP contribution in [0.3, 0.4) is 0 Å². The fourth-order valence-electron chi connectivity index (χ4n) is 7.86. The normalized spacial score (nSPS) is 18.5. The van der Waals surface area contributed by atoms with Crippen molar-refractivity contribution in [2.24, 2.45) is 23.7 Å². The Labute approximate surface area is 358 Å². The molecule has 2 amide bonds. The van der Waals surface area contributed by atoms with E-state index in [4.69, 9.17) is 18.9 Å². The van der Waals surface area contributed by atoms with Crippen LogP contribution in [-0.2, 0) is 54.5 Å². The summed E-state index contributed by atoms with van der Waals surface area (Å²) < 4.78 is 23.1. The highest BCUT2D eigenvalue weighted by atomic mass is 16.6.